The molecule has 0 aliphatic heterocycles. The Morgan fingerprint density at radius 1 is 1.47 bits per heavy atom. The van der Waals surface area contributed by atoms with E-state index in [9.17, 15) is 0 Å². The highest BCUT2D eigenvalue weighted by Gasteiger charge is 2.11. The molecule has 0 saturated heterocycles. The quantitative estimate of drug-likeness (QED) is 0.817. The summed E-state index contributed by atoms with van der Waals surface area (Å²) in [7, 11) is 0. The zero-order chi connectivity index (χ0) is 13.7. The number of hydrogen-bond donors (Lipinski definition) is 0. The van der Waals surface area contributed by atoms with Gasteiger partial charge in [0.25, 0.3) is 0 Å². The predicted octanol–water partition coefficient (Wildman–Crippen LogP) is 4.23. The molecule has 0 atom stereocenters. The Bertz CT molecular complexity index is 562. The van der Waals surface area contributed by atoms with Gasteiger partial charge in [-0.05, 0) is 31.5 Å². The Hall–Kier alpha value is -1.74. The fourth-order valence-corrected chi connectivity index (χ4v) is 2.06. The first-order valence-electron chi connectivity index (χ1n) is 6.33. The Balaban J connectivity index is 2.44. The Labute approximate surface area is 118 Å². The van der Waals surface area contributed by atoms with Gasteiger partial charge in [-0.2, -0.15) is 0 Å². The molecule has 0 radical (unpaired) electrons. The molecule has 0 aliphatic rings. The van der Waals surface area contributed by atoms with E-state index in [1.807, 2.05) is 42.0 Å². The van der Waals surface area contributed by atoms with Crippen LogP contribution in [-0.2, 0) is 0 Å². The fourth-order valence-electron chi connectivity index (χ4n) is 1.89. The minimum Gasteiger partial charge on any atom is -0.493 e. The van der Waals surface area contributed by atoms with Gasteiger partial charge in [-0.25, -0.2) is 4.98 Å². The molecular weight excluding hydrogens is 260 g/mol. The standard InChI is InChI=1S/C15H17ClN2O/c1-3-9-19-15-6-5-12(16)10-13(15)14(4-2)18-8-7-17-11-18/h4-8,10-11H,3,9H2,1-2H3/b14-4+. The van der Waals surface area contributed by atoms with Crippen molar-refractivity contribution >= 4 is 17.3 Å². The normalized spacial score (nSPS) is 11.6. The number of allylic oxidation sites excluding steroid dienone is 1. The fraction of sp³-hybridized carbons (Fsp3) is 0.267. The van der Waals surface area contributed by atoms with Gasteiger partial charge in [-0.1, -0.05) is 24.6 Å². The summed E-state index contributed by atoms with van der Waals surface area (Å²) in [5.74, 6) is 0.841. The van der Waals surface area contributed by atoms with Crippen LogP contribution in [0.1, 0.15) is 25.8 Å². The van der Waals surface area contributed by atoms with Crippen molar-refractivity contribution in [1.29, 1.82) is 0 Å². The second kappa shape index (κ2) is 6.43. The second-order valence-corrected chi connectivity index (χ2v) is 4.57. The lowest BCUT2D eigenvalue weighted by atomic mass is 10.1. The van der Waals surface area contributed by atoms with E-state index in [2.05, 4.69) is 11.9 Å². The molecule has 2 rings (SSSR count). The molecule has 0 N–H and O–H groups in total. The average molecular weight is 277 g/mol. The van der Waals surface area contributed by atoms with E-state index >= 15 is 0 Å². The van der Waals surface area contributed by atoms with Crippen LogP contribution in [0.15, 0.2) is 43.0 Å². The molecule has 2 aromatic rings. The van der Waals surface area contributed by atoms with Crippen LogP contribution in [0.5, 0.6) is 5.75 Å². The first kappa shape index (κ1) is 13.7. The van der Waals surface area contributed by atoms with Crippen LogP contribution in [0.4, 0.5) is 0 Å². The lowest BCUT2D eigenvalue weighted by Crippen LogP contribution is -2.02. The highest BCUT2D eigenvalue weighted by atomic mass is 35.5. The summed E-state index contributed by atoms with van der Waals surface area (Å²) in [4.78, 5) is 4.08. The molecule has 0 saturated carbocycles. The van der Waals surface area contributed by atoms with Gasteiger partial charge in [0.2, 0.25) is 0 Å². The van der Waals surface area contributed by atoms with Crippen LogP contribution >= 0.6 is 11.6 Å². The van der Waals surface area contributed by atoms with E-state index in [1.165, 1.54) is 0 Å². The number of halogens is 1. The molecule has 0 spiro atoms. The summed E-state index contributed by atoms with van der Waals surface area (Å²) >= 11 is 6.11. The Morgan fingerprint density at radius 2 is 2.32 bits per heavy atom. The van der Waals surface area contributed by atoms with Crippen molar-refractivity contribution in [2.75, 3.05) is 6.61 Å². The summed E-state index contributed by atoms with van der Waals surface area (Å²) in [6.07, 6.45) is 8.41. The highest BCUT2D eigenvalue weighted by molar-refractivity contribution is 6.30. The second-order valence-electron chi connectivity index (χ2n) is 4.13. The number of benzene rings is 1. The Morgan fingerprint density at radius 3 is 2.95 bits per heavy atom. The maximum Gasteiger partial charge on any atom is 0.128 e. The van der Waals surface area contributed by atoms with Crippen LogP contribution in [0, 0.1) is 0 Å². The van der Waals surface area contributed by atoms with Crippen molar-refractivity contribution in [2.24, 2.45) is 0 Å². The van der Waals surface area contributed by atoms with Gasteiger partial charge in [0.1, 0.15) is 5.75 Å². The summed E-state index contributed by atoms with van der Waals surface area (Å²) in [6.45, 7) is 4.76. The molecule has 0 bridgehead atoms. The smallest absolute Gasteiger partial charge is 0.128 e. The van der Waals surface area contributed by atoms with Crippen molar-refractivity contribution in [3.63, 3.8) is 0 Å². The summed E-state index contributed by atoms with van der Waals surface area (Å²) in [6, 6.07) is 5.67. The van der Waals surface area contributed by atoms with E-state index in [0.29, 0.717) is 11.6 Å². The highest BCUT2D eigenvalue weighted by Crippen LogP contribution is 2.30. The molecule has 0 aliphatic carbocycles. The third kappa shape index (κ3) is 3.18. The summed E-state index contributed by atoms with van der Waals surface area (Å²) in [5.41, 5.74) is 1.98. The SMILES string of the molecule is C/C=C(\c1cc(Cl)ccc1OCCC)n1ccnc1. The van der Waals surface area contributed by atoms with Crippen molar-refractivity contribution in [1.82, 2.24) is 9.55 Å². The molecule has 1 aromatic carbocycles. The average Bonchev–Trinajstić information content (AvgIpc) is 2.93. The maximum atomic E-state index is 6.11. The number of aromatic nitrogens is 2. The third-order valence-electron chi connectivity index (χ3n) is 2.74. The van der Waals surface area contributed by atoms with Crippen molar-refractivity contribution in [3.05, 3.63) is 53.6 Å². The van der Waals surface area contributed by atoms with Gasteiger partial charge < -0.3 is 9.30 Å². The number of hydrogen-bond acceptors (Lipinski definition) is 2. The van der Waals surface area contributed by atoms with Gasteiger partial charge in [0, 0.05) is 23.0 Å². The van der Waals surface area contributed by atoms with E-state index in [1.54, 1.807) is 12.5 Å². The van der Waals surface area contributed by atoms with Gasteiger partial charge >= 0.3 is 0 Å². The van der Waals surface area contributed by atoms with Gasteiger partial charge in [-0.15, -0.1) is 0 Å². The molecule has 1 aromatic heterocycles. The summed E-state index contributed by atoms with van der Waals surface area (Å²) in [5, 5.41) is 0.693. The number of imidazole rings is 1. The first-order chi connectivity index (χ1) is 9.26. The molecule has 19 heavy (non-hydrogen) atoms. The Kier molecular flexibility index (Phi) is 4.63. The van der Waals surface area contributed by atoms with Crippen LogP contribution in [0.2, 0.25) is 5.02 Å². The van der Waals surface area contributed by atoms with Gasteiger partial charge in [0.05, 0.1) is 18.6 Å². The van der Waals surface area contributed by atoms with Crippen molar-refractivity contribution in [3.8, 4) is 5.75 Å². The number of rotatable bonds is 5. The van der Waals surface area contributed by atoms with Gasteiger partial charge in [-0.3, -0.25) is 0 Å². The maximum absolute atomic E-state index is 6.11. The third-order valence-corrected chi connectivity index (χ3v) is 2.97. The molecule has 3 nitrogen and oxygen atoms in total. The summed E-state index contributed by atoms with van der Waals surface area (Å²) < 4.78 is 7.74. The number of nitrogens with zero attached hydrogens (tertiary/aromatic N) is 2. The molecule has 0 amide bonds. The van der Waals surface area contributed by atoms with Crippen molar-refractivity contribution in [2.45, 2.75) is 20.3 Å². The molecule has 1 heterocycles. The lowest BCUT2D eigenvalue weighted by Gasteiger charge is -2.14. The molecule has 0 unspecified atom stereocenters. The van der Waals surface area contributed by atoms with Crippen LogP contribution in [0.25, 0.3) is 5.70 Å². The van der Waals surface area contributed by atoms with E-state index in [4.69, 9.17) is 16.3 Å². The van der Waals surface area contributed by atoms with Crippen LogP contribution < -0.4 is 4.74 Å². The predicted molar refractivity (Wildman–Crippen MR) is 78.5 cm³/mol. The minimum absolute atomic E-state index is 0.690. The zero-order valence-electron chi connectivity index (χ0n) is 11.1. The van der Waals surface area contributed by atoms with Crippen molar-refractivity contribution < 1.29 is 4.74 Å². The molecular formula is C15H17ClN2O. The number of ether oxygens (including phenoxy) is 1. The van der Waals surface area contributed by atoms with Crippen LogP contribution in [0.3, 0.4) is 0 Å². The zero-order valence-corrected chi connectivity index (χ0v) is 11.9. The monoisotopic (exact) mass is 276 g/mol. The first-order valence-corrected chi connectivity index (χ1v) is 6.71. The minimum atomic E-state index is 0.690. The molecule has 4 heteroatoms. The van der Waals surface area contributed by atoms with E-state index in [-0.39, 0.29) is 0 Å². The van der Waals surface area contributed by atoms with Gasteiger partial charge in [0.15, 0.2) is 0 Å². The van der Waals surface area contributed by atoms with E-state index in [0.717, 1.165) is 23.4 Å². The largest absolute Gasteiger partial charge is 0.493 e. The van der Waals surface area contributed by atoms with Crippen LogP contribution in [-0.4, -0.2) is 16.2 Å². The topological polar surface area (TPSA) is 27.1 Å². The van der Waals surface area contributed by atoms with E-state index < -0.39 is 0 Å². The lowest BCUT2D eigenvalue weighted by molar-refractivity contribution is 0.316. The molecule has 100 valence electrons. The molecule has 0 fully saturated rings.